The predicted octanol–water partition coefficient (Wildman–Crippen LogP) is 4.79. The highest BCUT2D eigenvalue weighted by Gasteiger charge is 2.32. The van der Waals surface area contributed by atoms with Gasteiger partial charge in [-0.05, 0) is 67.6 Å². The largest absolute Gasteiger partial charge is 0.326 e. The average molecular weight is 455 g/mol. The Morgan fingerprint density at radius 1 is 1.14 bits per heavy atom. The van der Waals surface area contributed by atoms with Crippen molar-refractivity contribution in [2.75, 3.05) is 18.4 Å². The lowest BCUT2D eigenvalue weighted by Gasteiger charge is -2.31. The summed E-state index contributed by atoms with van der Waals surface area (Å²) in [5, 5.41) is 3.71. The first-order chi connectivity index (χ1) is 13.6. The molecule has 0 aliphatic carbocycles. The van der Waals surface area contributed by atoms with E-state index in [0.29, 0.717) is 35.0 Å². The predicted molar refractivity (Wildman–Crippen MR) is 118 cm³/mol. The van der Waals surface area contributed by atoms with E-state index in [2.05, 4.69) is 5.32 Å². The lowest BCUT2D eigenvalue weighted by atomic mass is 9.98. The van der Waals surface area contributed by atoms with Gasteiger partial charge in [-0.2, -0.15) is 0 Å². The highest BCUT2D eigenvalue weighted by Crippen LogP contribution is 2.27. The molecule has 1 saturated heterocycles. The van der Waals surface area contributed by atoms with Gasteiger partial charge in [0.25, 0.3) is 0 Å². The van der Waals surface area contributed by atoms with E-state index >= 15 is 0 Å². The monoisotopic (exact) mass is 454 g/mol. The second kappa shape index (κ2) is 9.04. The normalized spacial score (nSPS) is 17.9. The second-order valence-corrected chi connectivity index (χ2v) is 10.4. The van der Waals surface area contributed by atoms with Crippen molar-refractivity contribution in [3.8, 4) is 0 Å². The summed E-state index contributed by atoms with van der Waals surface area (Å²) < 4.78 is 27.2. The fourth-order valence-electron chi connectivity index (χ4n) is 3.63. The third kappa shape index (κ3) is 5.72. The number of carbonyl (C=O) groups excluding carboxylic acids is 1. The molecule has 2 aromatic carbocycles. The molecule has 1 fully saturated rings. The summed E-state index contributed by atoms with van der Waals surface area (Å²) in [7, 11) is -3.60. The molecule has 1 N–H and O–H groups in total. The molecule has 29 heavy (non-hydrogen) atoms. The number of rotatable bonds is 5. The summed E-state index contributed by atoms with van der Waals surface area (Å²) in [6.07, 6.45) is 1.29. The van der Waals surface area contributed by atoms with Crippen LogP contribution in [0.15, 0.2) is 36.4 Å². The Labute approximate surface area is 182 Å². The summed E-state index contributed by atoms with van der Waals surface area (Å²) in [4.78, 5) is 12.7. The van der Waals surface area contributed by atoms with Gasteiger partial charge < -0.3 is 5.32 Å². The van der Waals surface area contributed by atoms with E-state index in [1.54, 1.807) is 12.1 Å². The van der Waals surface area contributed by atoms with Crippen molar-refractivity contribution < 1.29 is 13.2 Å². The molecule has 0 saturated carbocycles. The average Bonchev–Trinajstić information content (AvgIpc) is 2.63. The first-order valence-electron chi connectivity index (χ1n) is 9.45. The standard InChI is InChI=1S/C21H24Cl2N2O3S/c1-14-8-15(2)10-19(9-14)24-21(26)16-4-3-7-25(12-16)29(27,28)13-17-5-6-18(22)11-20(17)23/h5-6,8-11,16H,3-4,7,12-13H2,1-2H3,(H,24,26)/t16-/m1/s1. The third-order valence-corrected chi connectivity index (χ3v) is 7.37. The van der Waals surface area contributed by atoms with Crippen LogP contribution in [0.2, 0.25) is 10.0 Å². The van der Waals surface area contributed by atoms with Crippen LogP contribution in [0.4, 0.5) is 5.69 Å². The second-order valence-electron chi connectivity index (χ2n) is 7.55. The number of aryl methyl sites for hydroxylation is 2. The summed E-state index contributed by atoms with van der Waals surface area (Å²) in [5.41, 5.74) is 3.36. The minimum absolute atomic E-state index is 0.153. The maximum atomic E-state index is 12.9. The van der Waals surface area contributed by atoms with E-state index in [1.165, 1.54) is 10.4 Å². The maximum absolute atomic E-state index is 12.9. The number of hydrogen-bond donors (Lipinski definition) is 1. The molecule has 0 aromatic heterocycles. The Morgan fingerprint density at radius 2 is 1.83 bits per heavy atom. The van der Waals surface area contributed by atoms with Crippen molar-refractivity contribution >= 4 is 44.8 Å². The number of hydrogen-bond acceptors (Lipinski definition) is 3. The van der Waals surface area contributed by atoms with Crippen LogP contribution in [0.1, 0.15) is 29.5 Å². The van der Waals surface area contributed by atoms with Gasteiger partial charge in [-0.15, -0.1) is 0 Å². The summed E-state index contributed by atoms with van der Waals surface area (Å²) in [5.74, 6) is -0.756. The number of benzene rings is 2. The van der Waals surface area contributed by atoms with Crippen molar-refractivity contribution in [3.63, 3.8) is 0 Å². The molecule has 0 bridgehead atoms. The Balaban J connectivity index is 1.69. The van der Waals surface area contributed by atoms with Crippen LogP contribution in [-0.4, -0.2) is 31.7 Å². The van der Waals surface area contributed by atoms with Gasteiger partial charge in [0, 0.05) is 28.8 Å². The molecule has 156 valence electrons. The molecular formula is C21H24Cl2N2O3S. The minimum Gasteiger partial charge on any atom is -0.326 e. The number of nitrogens with one attached hydrogen (secondary N) is 1. The van der Waals surface area contributed by atoms with Crippen LogP contribution in [0.5, 0.6) is 0 Å². The van der Waals surface area contributed by atoms with Crippen molar-refractivity contribution in [1.29, 1.82) is 0 Å². The number of carbonyl (C=O) groups is 1. The van der Waals surface area contributed by atoms with Crippen LogP contribution in [-0.2, 0) is 20.6 Å². The molecule has 0 unspecified atom stereocenters. The Morgan fingerprint density at radius 3 is 2.48 bits per heavy atom. The summed E-state index contributed by atoms with van der Waals surface area (Å²) >= 11 is 12.0. The zero-order valence-corrected chi connectivity index (χ0v) is 18.7. The van der Waals surface area contributed by atoms with Gasteiger partial charge in [0.1, 0.15) is 0 Å². The molecular weight excluding hydrogens is 431 g/mol. The van der Waals surface area contributed by atoms with Gasteiger partial charge in [0.2, 0.25) is 15.9 Å². The number of nitrogens with zero attached hydrogens (tertiary/aromatic N) is 1. The van der Waals surface area contributed by atoms with Gasteiger partial charge in [0.05, 0.1) is 11.7 Å². The molecule has 0 spiro atoms. The number of piperidine rings is 1. The van der Waals surface area contributed by atoms with Gasteiger partial charge in [-0.1, -0.05) is 35.3 Å². The van der Waals surface area contributed by atoms with Crippen LogP contribution in [0, 0.1) is 19.8 Å². The van der Waals surface area contributed by atoms with E-state index < -0.39 is 10.0 Å². The summed E-state index contributed by atoms with van der Waals surface area (Å²) in [6.45, 7) is 4.52. The smallest absolute Gasteiger partial charge is 0.228 e. The molecule has 2 aromatic rings. The number of sulfonamides is 1. The molecule has 1 aliphatic heterocycles. The molecule has 5 nitrogen and oxygen atoms in total. The van der Waals surface area contributed by atoms with Crippen molar-refractivity contribution in [1.82, 2.24) is 4.31 Å². The fraction of sp³-hybridized carbons (Fsp3) is 0.381. The van der Waals surface area contributed by atoms with Crippen LogP contribution >= 0.6 is 23.2 Å². The van der Waals surface area contributed by atoms with E-state index in [0.717, 1.165) is 16.8 Å². The minimum atomic E-state index is -3.60. The van der Waals surface area contributed by atoms with Crippen molar-refractivity contribution in [2.45, 2.75) is 32.4 Å². The lowest BCUT2D eigenvalue weighted by molar-refractivity contribution is -0.120. The highest BCUT2D eigenvalue weighted by molar-refractivity contribution is 7.88. The molecule has 1 aliphatic rings. The molecule has 1 atom stereocenters. The molecule has 8 heteroatoms. The maximum Gasteiger partial charge on any atom is 0.228 e. The van der Waals surface area contributed by atoms with Crippen molar-refractivity contribution in [2.24, 2.45) is 5.92 Å². The Hall–Kier alpha value is -1.60. The Kier molecular flexibility index (Phi) is 6.89. The molecule has 3 rings (SSSR count). The van der Waals surface area contributed by atoms with E-state index in [9.17, 15) is 13.2 Å². The van der Waals surface area contributed by atoms with E-state index in [-0.39, 0.29) is 24.1 Å². The quantitative estimate of drug-likeness (QED) is 0.705. The first kappa shape index (κ1) is 22.1. The van der Waals surface area contributed by atoms with E-state index in [4.69, 9.17) is 23.2 Å². The van der Waals surface area contributed by atoms with Crippen LogP contribution < -0.4 is 5.32 Å². The lowest BCUT2D eigenvalue weighted by Crippen LogP contribution is -2.44. The van der Waals surface area contributed by atoms with Gasteiger partial charge >= 0.3 is 0 Å². The molecule has 0 radical (unpaired) electrons. The van der Waals surface area contributed by atoms with Gasteiger partial charge in [-0.25, -0.2) is 12.7 Å². The highest BCUT2D eigenvalue weighted by atomic mass is 35.5. The third-order valence-electron chi connectivity index (χ3n) is 4.99. The van der Waals surface area contributed by atoms with Crippen LogP contribution in [0.25, 0.3) is 0 Å². The number of halogens is 2. The van der Waals surface area contributed by atoms with Gasteiger partial charge in [-0.3, -0.25) is 4.79 Å². The molecule has 1 amide bonds. The van der Waals surface area contributed by atoms with Gasteiger partial charge in [0.15, 0.2) is 0 Å². The van der Waals surface area contributed by atoms with E-state index in [1.807, 2.05) is 32.0 Å². The Bertz CT molecular complexity index is 1000. The summed E-state index contributed by atoms with van der Waals surface area (Å²) in [6, 6.07) is 10.6. The number of amides is 1. The van der Waals surface area contributed by atoms with Crippen molar-refractivity contribution in [3.05, 3.63) is 63.1 Å². The fourth-order valence-corrected chi connectivity index (χ4v) is 5.82. The SMILES string of the molecule is Cc1cc(C)cc(NC(=O)[C@@H]2CCCN(S(=O)(=O)Cc3ccc(Cl)cc3Cl)C2)c1. The first-order valence-corrected chi connectivity index (χ1v) is 11.8. The zero-order chi connectivity index (χ0) is 21.2. The number of anilines is 1. The van der Waals surface area contributed by atoms with Crippen LogP contribution in [0.3, 0.4) is 0 Å². The topological polar surface area (TPSA) is 66.5 Å². The molecule has 1 heterocycles. The zero-order valence-electron chi connectivity index (χ0n) is 16.4.